The van der Waals surface area contributed by atoms with Crippen molar-refractivity contribution in [1.29, 1.82) is 0 Å². The molecule has 21 heavy (non-hydrogen) atoms. The fourth-order valence-corrected chi connectivity index (χ4v) is 2.78. The first kappa shape index (κ1) is 13.9. The Morgan fingerprint density at radius 3 is 2.86 bits per heavy atom. The highest BCUT2D eigenvalue weighted by Crippen LogP contribution is 2.19. The minimum Gasteiger partial charge on any atom is -0.348 e. The van der Waals surface area contributed by atoms with Crippen LogP contribution >= 0.6 is 0 Å². The van der Waals surface area contributed by atoms with Gasteiger partial charge in [-0.05, 0) is 37.2 Å². The minimum atomic E-state index is 0.442. The predicted octanol–water partition coefficient (Wildman–Crippen LogP) is 3.24. The molecular formula is C17H22N4. The molecule has 0 spiro atoms. The molecule has 3 heterocycles. The molecule has 1 unspecified atom stereocenters. The van der Waals surface area contributed by atoms with E-state index < -0.39 is 0 Å². The molecule has 3 rings (SSSR count). The van der Waals surface area contributed by atoms with E-state index in [1.807, 2.05) is 31.4 Å². The van der Waals surface area contributed by atoms with Gasteiger partial charge in [0, 0.05) is 30.8 Å². The van der Waals surface area contributed by atoms with Gasteiger partial charge in [0.2, 0.25) is 0 Å². The number of hydrogen-bond donors (Lipinski definition) is 1. The number of aromatic nitrogens is 3. The molecule has 4 nitrogen and oxygen atoms in total. The monoisotopic (exact) mass is 282 g/mol. The van der Waals surface area contributed by atoms with Gasteiger partial charge in [0.05, 0.1) is 12.2 Å². The molecule has 0 aliphatic rings. The van der Waals surface area contributed by atoms with Crippen molar-refractivity contribution in [3.8, 4) is 0 Å². The molecule has 1 atom stereocenters. The van der Waals surface area contributed by atoms with Gasteiger partial charge in [0.15, 0.2) is 0 Å². The van der Waals surface area contributed by atoms with Crippen LogP contribution in [0.5, 0.6) is 0 Å². The molecule has 4 heteroatoms. The van der Waals surface area contributed by atoms with Gasteiger partial charge in [-0.3, -0.25) is 0 Å². The fourth-order valence-electron chi connectivity index (χ4n) is 2.78. The van der Waals surface area contributed by atoms with Crippen LogP contribution in [0.3, 0.4) is 0 Å². The van der Waals surface area contributed by atoms with Crippen LogP contribution in [-0.4, -0.2) is 21.0 Å². The third-order valence-corrected chi connectivity index (χ3v) is 3.86. The second-order valence-electron chi connectivity index (χ2n) is 5.45. The zero-order valence-electron chi connectivity index (χ0n) is 12.7. The lowest BCUT2D eigenvalue weighted by Gasteiger charge is -2.13. The molecule has 0 saturated carbocycles. The molecule has 0 aromatic carbocycles. The summed E-state index contributed by atoms with van der Waals surface area (Å²) in [6.07, 6.45) is 10.8. The fraction of sp³-hybridized carbons (Fsp3) is 0.353. The lowest BCUT2D eigenvalue weighted by molar-refractivity contribution is 0.540. The van der Waals surface area contributed by atoms with E-state index in [-0.39, 0.29) is 0 Å². The van der Waals surface area contributed by atoms with E-state index in [1.54, 1.807) is 0 Å². The quantitative estimate of drug-likeness (QED) is 0.753. The van der Waals surface area contributed by atoms with Gasteiger partial charge in [-0.25, -0.2) is 4.98 Å². The van der Waals surface area contributed by atoms with Crippen LogP contribution in [0.15, 0.2) is 49.1 Å². The van der Waals surface area contributed by atoms with Crippen LogP contribution < -0.4 is 5.32 Å². The van der Waals surface area contributed by atoms with Crippen molar-refractivity contribution >= 4 is 5.65 Å². The molecule has 3 aromatic heterocycles. The molecule has 110 valence electrons. The Labute approximate surface area is 125 Å². The van der Waals surface area contributed by atoms with Crippen LogP contribution in [0.4, 0.5) is 0 Å². The van der Waals surface area contributed by atoms with Gasteiger partial charge in [0.25, 0.3) is 0 Å². The summed E-state index contributed by atoms with van der Waals surface area (Å²) in [6.45, 7) is 3.03. The van der Waals surface area contributed by atoms with Crippen LogP contribution in [0.25, 0.3) is 5.65 Å². The largest absolute Gasteiger partial charge is 0.348 e. The maximum absolute atomic E-state index is 4.65. The summed E-state index contributed by atoms with van der Waals surface area (Å²) in [4.78, 5) is 4.65. The number of fused-ring (bicyclic) bond motifs is 1. The maximum atomic E-state index is 4.65. The van der Waals surface area contributed by atoms with E-state index in [4.69, 9.17) is 0 Å². The lowest BCUT2D eigenvalue weighted by Crippen LogP contribution is -2.15. The average molecular weight is 282 g/mol. The summed E-state index contributed by atoms with van der Waals surface area (Å²) < 4.78 is 4.27. The zero-order chi connectivity index (χ0) is 14.7. The Morgan fingerprint density at radius 2 is 2.10 bits per heavy atom. The number of imidazole rings is 1. The minimum absolute atomic E-state index is 0.442. The number of pyridine rings is 1. The smallest absolute Gasteiger partial charge is 0.137 e. The number of nitrogens with one attached hydrogen (secondary N) is 1. The summed E-state index contributed by atoms with van der Waals surface area (Å²) in [5.41, 5.74) is 3.43. The Hall–Kier alpha value is -2.07. The maximum Gasteiger partial charge on any atom is 0.137 e. The first-order valence-electron chi connectivity index (χ1n) is 7.55. The molecule has 0 aliphatic heterocycles. The summed E-state index contributed by atoms with van der Waals surface area (Å²) >= 11 is 0. The summed E-state index contributed by atoms with van der Waals surface area (Å²) in [7, 11) is 2.03. The zero-order valence-corrected chi connectivity index (χ0v) is 12.7. The summed E-state index contributed by atoms with van der Waals surface area (Å²) in [5, 5.41) is 3.38. The van der Waals surface area contributed by atoms with Crippen LogP contribution in [-0.2, 0) is 6.54 Å². The van der Waals surface area contributed by atoms with Crippen molar-refractivity contribution < 1.29 is 0 Å². The van der Waals surface area contributed by atoms with Gasteiger partial charge in [-0.15, -0.1) is 0 Å². The molecule has 1 N–H and O–H groups in total. The van der Waals surface area contributed by atoms with Gasteiger partial charge < -0.3 is 14.3 Å². The summed E-state index contributed by atoms with van der Waals surface area (Å²) in [5.74, 6) is 0. The first-order chi connectivity index (χ1) is 10.3. The van der Waals surface area contributed by atoms with Crippen molar-refractivity contribution in [3.05, 3.63) is 60.3 Å². The van der Waals surface area contributed by atoms with Crippen molar-refractivity contribution in [3.63, 3.8) is 0 Å². The first-order valence-corrected chi connectivity index (χ1v) is 7.55. The van der Waals surface area contributed by atoms with Crippen molar-refractivity contribution in [2.24, 2.45) is 0 Å². The van der Waals surface area contributed by atoms with Gasteiger partial charge in [0.1, 0.15) is 5.65 Å². The molecular weight excluding hydrogens is 260 g/mol. The number of rotatable bonds is 6. The van der Waals surface area contributed by atoms with Gasteiger partial charge in [-0.1, -0.05) is 19.4 Å². The van der Waals surface area contributed by atoms with E-state index >= 15 is 0 Å². The van der Waals surface area contributed by atoms with E-state index in [2.05, 4.69) is 50.8 Å². The normalized spacial score (nSPS) is 12.9. The van der Waals surface area contributed by atoms with Crippen LogP contribution in [0.1, 0.15) is 37.1 Å². The Bertz CT molecular complexity index is 677. The highest BCUT2D eigenvalue weighted by molar-refractivity contribution is 5.39. The van der Waals surface area contributed by atoms with Gasteiger partial charge >= 0.3 is 0 Å². The SMILES string of the molecule is CCCC(NC)c1ccn(Cc2cn3ccccc3n2)c1. The topological polar surface area (TPSA) is 34.3 Å². The molecule has 0 fully saturated rings. The van der Waals surface area contributed by atoms with E-state index in [0.29, 0.717) is 6.04 Å². The number of hydrogen-bond acceptors (Lipinski definition) is 2. The molecule has 0 amide bonds. The van der Waals surface area contributed by atoms with E-state index in [0.717, 1.165) is 24.3 Å². The van der Waals surface area contributed by atoms with Crippen molar-refractivity contribution in [2.75, 3.05) is 7.05 Å². The van der Waals surface area contributed by atoms with Crippen LogP contribution in [0.2, 0.25) is 0 Å². The molecule has 0 aliphatic carbocycles. The molecule has 0 radical (unpaired) electrons. The molecule has 0 saturated heterocycles. The lowest BCUT2D eigenvalue weighted by atomic mass is 10.1. The van der Waals surface area contributed by atoms with E-state index in [1.165, 1.54) is 12.0 Å². The van der Waals surface area contributed by atoms with Crippen LogP contribution in [0, 0.1) is 0 Å². The van der Waals surface area contributed by atoms with Crippen molar-refractivity contribution in [2.45, 2.75) is 32.4 Å². The second-order valence-corrected chi connectivity index (χ2v) is 5.45. The van der Waals surface area contributed by atoms with E-state index in [9.17, 15) is 0 Å². The van der Waals surface area contributed by atoms with Crippen molar-refractivity contribution in [1.82, 2.24) is 19.3 Å². The molecule has 0 bridgehead atoms. The Morgan fingerprint density at radius 1 is 1.19 bits per heavy atom. The number of nitrogens with zero attached hydrogens (tertiary/aromatic N) is 3. The third kappa shape index (κ3) is 3.00. The standard InChI is InChI=1S/C17H22N4/c1-3-6-16(18-2)14-8-10-20(11-14)12-15-13-21-9-5-4-7-17(21)19-15/h4-5,7-11,13,16,18H,3,6,12H2,1-2H3. The third-order valence-electron chi connectivity index (χ3n) is 3.86. The Kier molecular flexibility index (Phi) is 4.06. The van der Waals surface area contributed by atoms with Gasteiger partial charge in [-0.2, -0.15) is 0 Å². The second kappa shape index (κ2) is 6.14. The highest BCUT2D eigenvalue weighted by Gasteiger charge is 2.10. The predicted molar refractivity (Wildman–Crippen MR) is 85.4 cm³/mol. The molecule has 3 aromatic rings. The average Bonchev–Trinajstić information content (AvgIpc) is 3.11. The highest BCUT2D eigenvalue weighted by atomic mass is 15.0. The Balaban J connectivity index is 1.77. The summed E-state index contributed by atoms with van der Waals surface area (Å²) in [6, 6.07) is 8.71.